The van der Waals surface area contributed by atoms with Gasteiger partial charge in [-0.2, -0.15) is 0 Å². The maximum absolute atomic E-state index is 13.6. The molecule has 0 aromatic heterocycles. The molecule has 1 aromatic carbocycles. The molecule has 1 heterocycles. The maximum Gasteiger partial charge on any atom is 0.331 e. The van der Waals surface area contributed by atoms with Crippen molar-refractivity contribution < 1.29 is 18.7 Å². The van der Waals surface area contributed by atoms with Crippen molar-refractivity contribution in [1.29, 1.82) is 0 Å². The molecular formula is C18H21BrFNO3. The van der Waals surface area contributed by atoms with Gasteiger partial charge in [-0.3, -0.25) is 4.79 Å². The van der Waals surface area contributed by atoms with Gasteiger partial charge in [0.15, 0.2) is 6.61 Å². The smallest absolute Gasteiger partial charge is 0.331 e. The average molecular weight is 398 g/mol. The lowest BCUT2D eigenvalue weighted by Crippen LogP contribution is -2.45. The van der Waals surface area contributed by atoms with Crippen molar-refractivity contribution in [2.45, 2.75) is 38.6 Å². The number of likely N-dealkylation sites (tertiary alicyclic amines) is 1. The summed E-state index contributed by atoms with van der Waals surface area (Å²) in [6, 6.07) is 4.67. The average Bonchev–Trinajstić information content (AvgIpc) is 2.60. The Kier molecular flexibility index (Phi) is 6.97. The van der Waals surface area contributed by atoms with Crippen molar-refractivity contribution >= 4 is 33.9 Å². The van der Waals surface area contributed by atoms with Crippen LogP contribution >= 0.6 is 15.9 Å². The van der Waals surface area contributed by atoms with Crippen molar-refractivity contribution in [3.63, 3.8) is 0 Å². The highest BCUT2D eigenvalue weighted by atomic mass is 79.9. The van der Waals surface area contributed by atoms with Crippen molar-refractivity contribution in [2.24, 2.45) is 0 Å². The highest BCUT2D eigenvalue weighted by Crippen LogP contribution is 2.19. The fourth-order valence-electron chi connectivity index (χ4n) is 2.82. The van der Waals surface area contributed by atoms with Crippen LogP contribution in [0.4, 0.5) is 4.39 Å². The quantitative estimate of drug-likeness (QED) is 0.558. The molecule has 0 bridgehead atoms. The predicted molar refractivity (Wildman–Crippen MR) is 93.7 cm³/mol. The Labute approximate surface area is 149 Å². The van der Waals surface area contributed by atoms with E-state index in [4.69, 9.17) is 4.74 Å². The number of nitrogens with zero attached hydrogens (tertiary/aromatic N) is 1. The molecule has 4 nitrogen and oxygen atoms in total. The Balaban J connectivity index is 1.87. The van der Waals surface area contributed by atoms with Crippen LogP contribution in [-0.4, -0.2) is 36.0 Å². The number of benzene rings is 1. The van der Waals surface area contributed by atoms with Gasteiger partial charge in [-0.25, -0.2) is 9.18 Å². The molecule has 0 spiro atoms. The van der Waals surface area contributed by atoms with Crippen LogP contribution in [-0.2, 0) is 14.3 Å². The van der Waals surface area contributed by atoms with Crippen LogP contribution < -0.4 is 0 Å². The van der Waals surface area contributed by atoms with Crippen molar-refractivity contribution in [3.05, 3.63) is 40.1 Å². The molecule has 1 atom stereocenters. The summed E-state index contributed by atoms with van der Waals surface area (Å²) >= 11 is 3.24. The molecule has 1 aliphatic rings. The van der Waals surface area contributed by atoms with E-state index in [-0.39, 0.29) is 24.1 Å². The predicted octanol–water partition coefficient (Wildman–Crippen LogP) is 3.94. The highest BCUT2D eigenvalue weighted by molar-refractivity contribution is 9.10. The second kappa shape index (κ2) is 8.97. The molecule has 130 valence electrons. The number of ether oxygens (including phenoxy) is 1. The third-order valence-electron chi connectivity index (χ3n) is 4.11. The monoisotopic (exact) mass is 397 g/mol. The van der Waals surface area contributed by atoms with Crippen LogP contribution in [0, 0.1) is 5.82 Å². The van der Waals surface area contributed by atoms with Crippen LogP contribution in [0.5, 0.6) is 0 Å². The first kappa shape index (κ1) is 18.6. The van der Waals surface area contributed by atoms with Crippen LogP contribution in [0.2, 0.25) is 0 Å². The Morgan fingerprint density at radius 2 is 2.21 bits per heavy atom. The van der Waals surface area contributed by atoms with Gasteiger partial charge in [0.25, 0.3) is 5.91 Å². The second-order valence-electron chi connectivity index (χ2n) is 5.75. The van der Waals surface area contributed by atoms with E-state index in [1.807, 2.05) is 0 Å². The number of carbonyl (C=O) groups excluding carboxylic acids is 2. The van der Waals surface area contributed by atoms with Gasteiger partial charge >= 0.3 is 5.97 Å². The third kappa shape index (κ3) is 5.16. The highest BCUT2D eigenvalue weighted by Gasteiger charge is 2.25. The molecular weight excluding hydrogens is 377 g/mol. The number of carbonyl (C=O) groups is 2. The lowest BCUT2D eigenvalue weighted by molar-refractivity contribution is -0.150. The molecule has 1 amide bonds. The topological polar surface area (TPSA) is 46.6 Å². The van der Waals surface area contributed by atoms with E-state index < -0.39 is 11.8 Å². The van der Waals surface area contributed by atoms with Crippen molar-refractivity contribution in [3.8, 4) is 0 Å². The lowest BCUT2D eigenvalue weighted by Gasteiger charge is -2.35. The van der Waals surface area contributed by atoms with E-state index in [0.717, 1.165) is 31.8 Å². The van der Waals surface area contributed by atoms with Crippen molar-refractivity contribution in [2.75, 3.05) is 13.2 Å². The van der Waals surface area contributed by atoms with Crippen LogP contribution in [0.3, 0.4) is 0 Å². The summed E-state index contributed by atoms with van der Waals surface area (Å²) in [5.41, 5.74) is 0.273. The Morgan fingerprint density at radius 3 is 2.96 bits per heavy atom. The molecule has 24 heavy (non-hydrogen) atoms. The number of halogens is 2. The van der Waals surface area contributed by atoms with Gasteiger partial charge in [0.1, 0.15) is 5.82 Å². The van der Waals surface area contributed by atoms with Gasteiger partial charge in [0.05, 0.1) is 0 Å². The Hall–Kier alpha value is -1.69. The van der Waals surface area contributed by atoms with E-state index in [1.54, 1.807) is 17.0 Å². The number of rotatable bonds is 5. The summed E-state index contributed by atoms with van der Waals surface area (Å²) in [6.07, 6.45) is 6.48. The number of hydrogen-bond donors (Lipinski definition) is 0. The first-order chi connectivity index (χ1) is 11.5. The maximum atomic E-state index is 13.6. The molecule has 0 N–H and O–H groups in total. The van der Waals surface area contributed by atoms with Gasteiger partial charge in [0.2, 0.25) is 0 Å². The minimum Gasteiger partial charge on any atom is -0.452 e. The normalized spacial score (nSPS) is 18.0. The van der Waals surface area contributed by atoms with E-state index in [1.165, 1.54) is 12.1 Å². The van der Waals surface area contributed by atoms with E-state index >= 15 is 0 Å². The number of piperidine rings is 1. The van der Waals surface area contributed by atoms with Crippen LogP contribution in [0.1, 0.15) is 38.2 Å². The number of esters is 1. The zero-order valence-electron chi connectivity index (χ0n) is 13.6. The molecule has 1 aliphatic heterocycles. The fourth-order valence-corrected chi connectivity index (χ4v) is 3.20. The van der Waals surface area contributed by atoms with Gasteiger partial charge < -0.3 is 9.64 Å². The van der Waals surface area contributed by atoms with Crippen LogP contribution in [0.25, 0.3) is 6.08 Å². The fraction of sp³-hybridized carbons (Fsp3) is 0.444. The zero-order chi connectivity index (χ0) is 17.5. The standard InChI is InChI=1S/C18H21BrFNO3/c1-2-15-5-3-4-10-21(15)17(22)12-24-18(23)9-6-13-11-14(19)7-8-16(13)20/h6-9,11,15H,2-5,10,12H2,1H3/b9-6+. The molecule has 1 aromatic rings. The molecule has 6 heteroatoms. The van der Waals surface area contributed by atoms with Crippen molar-refractivity contribution in [1.82, 2.24) is 4.90 Å². The molecule has 0 aliphatic carbocycles. The summed E-state index contributed by atoms with van der Waals surface area (Å²) < 4.78 is 19.3. The molecule has 1 unspecified atom stereocenters. The molecule has 1 saturated heterocycles. The first-order valence-electron chi connectivity index (χ1n) is 8.10. The summed E-state index contributed by atoms with van der Waals surface area (Å²) in [6.45, 7) is 2.49. The summed E-state index contributed by atoms with van der Waals surface area (Å²) in [7, 11) is 0. The SMILES string of the molecule is CCC1CCCCN1C(=O)COC(=O)/C=C/c1cc(Br)ccc1F. The van der Waals surface area contributed by atoms with Crippen LogP contribution in [0.15, 0.2) is 28.7 Å². The molecule has 0 saturated carbocycles. The van der Waals surface area contributed by atoms with E-state index in [2.05, 4.69) is 22.9 Å². The minimum atomic E-state index is -0.659. The molecule has 0 radical (unpaired) electrons. The Bertz CT molecular complexity index is 633. The first-order valence-corrected chi connectivity index (χ1v) is 8.90. The van der Waals surface area contributed by atoms with Gasteiger partial charge in [0, 0.05) is 28.7 Å². The van der Waals surface area contributed by atoms with Gasteiger partial charge in [-0.05, 0) is 50.0 Å². The van der Waals surface area contributed by atoms with Gasteiger partial charge in [-0.15, -0.1) is 0 Å². The molecule has 2 rings (SSSR count). The Morgan fingerprint density at radius 1 is 1.42 bits per heavy atom. The second-order valence-corrected chi connectivity index (χ2v) is 6.67. The van der Waals surface area contributed by atoms with Gasteiger partial charge in [-0.1, -0.05) is 22.9 Å². The largest absolute Gasteiger partial charge is 0.452 e. The zero-order valence-corrected chi connectivity index (χ0v) is 15.2. The lowest BCUT2D eigenvalue weighted by atomic mass is 10.00. The summed E-state index contributed by atoms with van der Waals surface area (Å²) in [5, 5.41) is 0. The van der Waals surface area contributed by atoms with E-state index in [9.17, 15) is 14.0 Å². The summed E-state index contributed by atoms with van der Waals surface area (Å²) in [5.74, 6) is -1.26. The number of hydrogen-bond acceptors (Lipinski definition) is 3. The minimum absolute atomic E-state index is 0.170. The number of amides is 1. The van der Waals surface area contributed by atoms with E-state index in [0.29, 0.717) is 11.0 Å². The summed E-state index contributed by atoms with van der Waals surface area (Å²) in [4.78, 5) is 25.7. The molecule has 1 fully saturated rings. The third-order valence-corrected chi connectivity index (χ3v) is 4.61.